The van der Waals surface area contributed by atoms with Crippen molar-refractivity contribution >= 4 is 28.5 Å². The van der Waals surface area contributed by atoms with Crippen molar-refractivity contribution < 1.29 is 26.3 Å². The summed E-state index contributed by atoms with van der Waals surface area (Å²) in [4.78, 5) is 20.1. The third-order valence-electron chi connectivity index (χ3n) is 6.41. The summed E-state index contributed by atoms with van der Waals surface area (Å²) in [5.41, 5.74) is -2.14. The lowest BCUT2D eigenvalue weighted by Gasteiger charge is -2.26. The van der Waals surface area contributed by atoms with Crippen molar-refractivity contribution in [3.63, 3.8) is 0 Å². The molecule has 0 aliphatic carbocycles. The van der Waals surface area contributed by atoms with Gasteiger partial charge in [-0.2, -0.15) is 26.3 Å². The van der Waals surface area contributed by atoms with Crippen molar-refractivity contribution in [3.8, 4) is 11.4 Å². The molecule has 1 aliphatic heterocycles. The van der Waals surface area contributed by atoms with Gasteiger partial charge in [-0.25, -0.2) is 19.9 Å². The van der Waals surface area contributed by atoms with Crippen LogP contribution in [-0.2, 0) is 12.4 Å². The van der Waals surface area contributed by atoms with E-state index < -0.39 is 29.2 Å². The Morgan fingerprint density at radius 1 is 0.974 bits per heavy atom. The van der Waals surface area contributed by atoms with Crippen LogP contribution >= 0.6 is 0 Å². The van der Waals surface area contributed by atoms with Crippen LogP contribution in [0.15, 0.2) is 42.9 Å². The quantitative estimate of drug-likeness (QED) is 0.352. The number of alkyl halides is 6. The molecular formula is C24H21F6N9. The average molecular weight is 549 g/mol. The highest BCUT2D eigenvalue weighted by Gasteiger charge is 2.37. The summed E-state index contributed by atoms with van der Waals surface area (Å²) in [6, 6.07) is 4.46. The fourth-order valence-corrected chi connectivity index (χ4v) is 4.28. The molecule has 1 fully saturated rings. The van der Waals surface area contributed by atoms with Gasteiger partial charge in [0.25, 0.3) is 0 Å². The van der Waals surface area contributed by atoms with E-state index in [2.05, 4.69) is 40.3 Å². The Kier molecular flexibility index (Phi) is 6.70. The van der Waals surface area contributed by atoms with E-state index in [1.165, 1.54) is 12.3 Å². The lowest BCUT2D eigenvalue weighted by Crippen LogP contribution is -2.34. The van der Waals surface area contributed by atoms with Gasteiger partial charge in [-0.15, -0.1) is 10.2 Å². The number of likely N-dealkylation sites (N-methyl/N-ethyl adjacent to an activating group) is 2. The third kappa shape index (κ3) is 5.53. The maximum absolute atomic E-state index is 14.1. The number of aromatic nitrogens is 6. The van der Waals surface area contributed by atoms with E-state index in [9.17, 15) is 26.3 Å². The Hall–Kier alpha value is -4.14. The van der Waals surface area contributed by atoms with Gasteiger partial charge in [0.2, 0.25) is 0 Å². The smallest absolute Gasteiger partial charge is 0.354 e. The number of pyridine rings is 2. The molecule has 0 aromatic carbocycles. The van der Waals surface area contributed by atoms with Gasteiger partial charge >= 0.3 is 12.4 Å². The van der Waals surface area contributed by atoms with E-state index in [1.807, 2.05) is 7.05 Å². The number of halogens is 6. The number of hydrogen-bond acceptors (Lipinski definition) is 9. The first kappa shape index (κ1) is 26.5. The van der Waals surface area contributed by atoms with Crippen molar-refractivity contribution in [2.75, 3.05) is 37.4 Å². The number of hydrogen-bond donors (Lipinski definition) is 1. The topological polar surface area (TPSA) is 95.8 Å². The van der Waals surface area contributed by atoms with Crippen LogP contribution in [0.3, 0.4) is 0 Å². The summed E-state index contributed by atoms with van der Waals surface area (Å²) < 4.78 is 80.7. The maximum Gasteiger partial charge on any atom is 0.418 e. The summed E-state index contributed by atoms with van der Waals surface area (Å²) in [5.74, 6) is 0.188. The Balaban J connectivity index is 1.47. The summed E-state index contributed by atoms with van der Waals surface area (Å²) >= 11 is 0. The number of nitrogens with one attached hydrogen (secondary N) is 1. The number of nitrogens with zero attached hydrogens (tertiary/aromatic N) is 8. The molecule has 4 aromatic heterocycles. The van der Waals surface area contributed by atoms with Gasteiger partial charge in [0.05, 0.1) is 23.0 Å². The number of rotatable bonds is 5. The highest BCUT2D eigenvalue weighted by atomic mass is 19.4. The van der Waals surface area contributed by atoms with Crippen molar-refractivity contribution in [2.24, 2.45) is 0 Å². The van der Waals surface area contributed by atoms with Gasteiger partial charge in [0.1, 0.15) is 22.7 Å². The minimum atomic E-state index is -4.74. The second kappa shape index (κ2) is 9.87. The Labute approximate surface area is 217 Å². The Bertz CT molecular complexity index is 1490. The molecule has 1 unspecified atom stereocenters. The molecule has 4 aromatic rings. The standard InChI is InChI=1S/C24H21F6N9/c1-38-8-6-14(12-38)39(2)19-9-15(24(28,29)30)20(37-36-19)17-11-33-21-16(5-7-31-22(21)35-17)34-18-4-3-13(10-32-18)23(25,26)27/h3-5,7,9-11,14H,6,8,12H2,1-2H3,(H,31,32,34,35). The van der Waals surface area contributed by atoms with E-state index in [4.69, 9.17) is 0 Å². The van der Waals surface area contributed by atoms with Gasteiger partial charge in [-0.1, -0.05) is 0 Å². The molecule has 1 N–H and O–H groups in total. The van der Waals surface area contributed by atoms with Crippen molar-refractivity contribution in [1.29, 1.82) is 0 Å². The van der Waals surface area contributed by atoms with Gasteiger partial charge in [-0.3, -0.25) is 0 Å². The zero-order valence-electron chi connectivity index (χ0n) is 20.6. The minimum Gasteiger partial charge on any atom is -0.354 e. The monoisotopic (exact) mass is 549 g/mol. The van der Waals surface area contributed by atoms with Crippen LogP contribution in [0.2, 0.25) is 0 Å². The van der Waals surface area contributed by atoms with Crippen molar-refractivity contribution in [3.05, 3.63) is 54.0 Å². The van der Waals surface area contributed by atoms with Crippen LogP contribution in [0.4, 0.5) is 43.7 Å². The van der Waals surface area contributed by atoms with Crippen LogP contribution in [0, 0.1) is 0 Å². The maximum atomic E-state index is 14.1. The largest absolute Gasteiger partial charge is 0.418 e. The first-order chi connectivity index (χ1) is 18.4. The SMILES string of the molecule is CN1CCC(N(C)c2cc(C(F)(F)F)c(-c3cnc4c(Nc5ccc(C(F)(F)F)cn5)ccnc4n3)nn2)C1. The number of anilines is 3. The van der Waals surface area contributed by atoms with Gasteiger partial charge in [-0.05, 0) is 44.3 Å². The predicted octanol–water partition coefficient (Wildman–Crippen LogP) is 4.80. The molecule has 1 saturated heterocycles. The summed E-state index contributed by atoms with van der Waals surface area (Å²) in [5, 5.41) is 10.8. The molecule has 1 aliphatic rings. The molecule has 1 atom stereocenters. The molecule has 0 spiro atoms. The molecule has 5 heterocycles. The molecule has 5 rings (SSSR count). The molecule has 39 heavy (non-hydrogen) atoms. The van der Waals surface area contributed by atoms with Crippen LogP contribution in [-0.4, -0.2) is 68.3 Å². The third-order valence-corrected chi connectivity index (χ3v) is 6.41. The summed E-state index contributed by atoms with van der Waals surface area (Å²) in [6.07, 6.45) is -5.36. The fraction of sp³-hybridized carbons (Fsp3) is 0.333. The van der Waals surface area contributed by atoms with Crippen molar-refractivity contribution in [1.82, 2.24) is 35.0 Å². The zero-order valence-corrected chi connectivity index (χ0v) is 20.6. The molecule has 15 heteroatoms. The second-order valence-electron chi connectivity index (χ2n) is 9.12. The molecule has 0 radical (unpaired) electrons. The van der Waals surface area contributed by atoms with E-state index in [-0.39, 0.29) is 34.5 Å². The molecule has 0 saturated carbocycles. The van der Waals surface area contributed by atoms with Gasteiger partial charge in [0, 0.05) is 32.0 Å². The molecule has 9 nitrogen and oxygen atoms in total. The number of fused-ring (bicyclic) bond motifs is 1. The molecule has 0 bridgehead atoms. The Morgan fingerprint density at radius 2 is 1.77 bits per heavy atom. The van der Waals surface area contributed by atoms with E-state index >= 15 is 0 Å². The van der Waals surface area contributed by atoms with Gasteiger partial charge < -0.3 is 15.1 Å². The number of likely N-dealkylation sites (tertiary alicyclic amines) is 1. The minimum absolute atomic E-state index is 0.00507. The van der Waals surface area contributed by atoms with Crippen LogP contribution in [0.5, 0.6) is 0 Å². The molecule has 204 valence electrons. The highest BCUT2D eigenvalue weighted by Crippen LogP contribution is 2.37. The molecule has 0 amide bonds. The zero-order chi connectivity index (χ0) is 27.9. The van der Waals surface area contributed by atoms with Crippen LogP contribution in [0.1, 0.15) is 17.5 Å². The normalized spacial score (nSPS) is 16.6. The Morgan fingerprint density at radius 3 is 2.41 bits per heavy atom. The second-order valence-corrected chi connectivity index (χ2v) is 9.12. The lowest BCUT2D eigenvalue weighted by atomic mass is 10.1. The van der Waals surface area contributed by atoms with Crippen LogP contribution < -0.4 is 10.2 Å². The average Bonchev–Trinajstić information content (AvgIpc) is 3.33. The van der Waals surface area contributed by atoms with Crippen molar-refractivity contribution in [2.45, 2.75) is 24.8 Å². The van der Waals surface area contributed by atoms with E-state index in [1.54, 1.807) is 11.9 Å². The first-order valence-corrected chi connectivity index (χ1v) is 11.7. The van der Waals surface area contributed by atoms with E-state index in [0.29, 0.717) is 18.4 Å². The fourth-order valence-electron chi connectivity index (χ4n) is 4.28. The summed E-state index contributed by atoms with van der Waals surface area (Å²) in [6.45, 7) is 1.53. The first-order valence-electron chi connectivity index (χ1n) is 11.7. The molecular weight excluding hydrogens is 528 g/mol. The predicted molar refractivity (Wildman–Crippen MR) is 130 cm³/mol. The van der Waals surface area contributed by atoms with Crippen LogP contribution in [0.25, 0.3) is 22.6 Å². The highest BCUT2D eigenvalue weighted by molar-refractivity contribution is 5.87. The summed E-state index contributed by atoms with van der Waals surface area (Å²) in [7, 11) is 3.63. The van der Waals surface area contributed by atoms with Gasteiger partial charge in [0.15, 0.2) is 11.5 Å². The van der Waals surface area contributed by atoms with E-state index in [0.717, 1.165) is 37.4 Å². The lowest BCUT2D eigenvalue weighted by molar-refractivity contribution is -0.138.